The van der Waals surface area contributed by atoms with Crippen LogP contribution in [0.1, 0.15) is 23.3 Å². The van der Waals surface area contributed by atoms with E-state index in [9.17, 15) is 9.59 Å². The van der Waals surface area contributed by atoms with Gasteiger partial charge in [-0.2, -0.15) is 0 Å². The summed E-state index contributed by atoms with van der Waals surface area (Å²) in [7, 11) is 3.18. The minimum absolute atomic E-state index is 0.0895. The van der Waals surface area contributed by atoms with Crippen molar-refractivity contribution in [3.63, 3.8) is 0 Å². The van der Waals surface area contributed by atoms with Gasteiger partial charge in [-0.15, -0.1) is 11.3 Å². The molecule has 1 N–H and O–H groups in total. The number of nitrogens with zero attached hydrogens (tertiary/aromatic N) is 2. The molecule has 0 atom stereocenters. The molecule has 0 saturated heterocycles. The quantitative estimate of drug-likeness (QED) is 0.512. The second kappa shape index (κ2) is 7.97. The molecule has 1 aromatic carbocycles. The van der Waals surface area contributed by atoms with Crippen LogP contribution in [0.3, 0.4) is 0 Å². The summed E-state index contributed by atoms with van der Waals surface area (Å²) in [6, 6.07) is 7.40. The second-order valence-corrected chi connectivity index (χ2v) is 8.59. The first kappa shape index (κ1) is 19.0. The molecule has 1 aliphatic rings. The average Bonchev–Trinajstić information content (AvgIpc) is 3.10. The number of rotatable bonds is 5. The number of hydrogen-bond acceptors (Lipinski definition) is 6. The largest absolute Gasteiger partial charge is 0.495 e. The van der Waals surface area contributed by atoms with Gasteiger partial charge in [0, 0.05) is 11.9 Å². The third-order valence-corrected chi connectivity index (χ3v) is 7.02. The Morgan fingerprint density at radius 1 is 1.32 bits per heavy atom. The van der Waals surface area contributed by atoms with Gasteiger partial charge in [0.05, 0.1) is 23.9 Å². The smallest absolute Gasteiger partial charge is 0.267 e. The van der Waals surface area contributed by atoms with Crippen LogP contribution in [-0.4, -0.2) is 35.4 Å². The zero-order valence-corrected chi connectivity index (χ0v) is 17.4. The van der Waals surface area contributed by atoms with Crippen LogP contribution < -0.4 is 15.6 Å². The van der Waals surface area contributed by atoms with Gasteiger partial charge in [-0.25, -0.2) is 4.98 Å². The zero-order chi connectivity index (χ0) is 19.7. The molecular formula is C20H21N3O3S2. The molecule has 2 aromatic heterocycles. The van der Waals surface area contributed by atoms with E-state index in [0.717, 1.165) is 41.5 Å². The summed E-state index contributed by atoms with van der Waals surface area (Å²) in [5.41, 5.74) is 1.70. The van der Waals surface area contributed by atoms with Crippen LogP contribution in [0.15, 0.2) is 34.2 Å². The Hall–Kier alpha value is -2.32. The van der Waals surface area contributed by atoms with Crippen molar-refractivity contribution in [1.29, 1.82) is 0 Å². The normalized spacial score (nSPS) is 13.4. The Labute approximate surface area is 170 Å². The van der Waals surface area contributed by atoms with Crippen LogP contribution in [0.4, 0.5) is 0 Å². The Morgan fingerprint density at radius 3 is 2.89 bits per heavy atom. The number of aryl methyl sites for hydroxylation is 2. The summed E-state index contributed by atoms with van der Waals surface area (Å²) in [6.45, 7) is 0. The summed E-state index contributed by atoms with van der Waals surface area (Å²) in [6.07, 6.45) is 4.17. The maximum absolute atomic E-state index is 13.6. The van der Waals surface area contributed by atoms with E-state index in [0.29, 0.717) is 16.6 Å². The van der Waals surface area contributed by atoms with E-state index >= 15 is 0 Å². The number of amides is 1. The van der Waals surface area contributed by atoms with E-state index in [4.69, 9.17) is 9.72 Å². The van der Waals surface area contributed by atoms with Crippen molar-refractivity contribution in [2.24, 2.45) is 0 Å². The lowest BCUT2D eigenvalue weighted by atomic mass is 9.97. The SMILES string of the molecule is CNC(=O)CSc1nc2sc3c(c2c(=O)n1-c1ccccc1OC)CCCC3. The molecule has 4 rings (SSSR count). The Morgan fingerprint density at radius 2 is 2.11 bits per heavy atom. The number of para-hydroxylation sites is 2. The van der Waals surface area contributed by atoms with Gasteiger partial charge in [-0.05, 0) is 43.4 Å². The van der Waals surface area contributed by atoms with Gasteiger partial charge in [-0.1, -0.05) is 23.9 Å². The summed E-state index contributed by atoms with van der Waals surface area (Å²) < 4.78 is 7.08. The summed E-state index contributed by atoms with van der Waals surface area (Å²) in [4.78, 5) is 32.3. The molecule has 0 unspecified atom stereocenters. The van der Waals surface area contributed by atoms with E-state index in [1.807, 2.05) is 24.3 Å². The van der Waals surface area contributed by atoms with Crippen LogP contribution in [-0.2, 0) is 17.6 Å². The van der Waals surface area contributed by atoms with Gasteiger partial charge in [0.15, 0.2) is 5.16 Å². The number of fused-ring (bicyclic) bond motifs is 3. The lowest BCUT2D eigenvalue weighted by Crippen LogP contribution is -2.24. The topological polar surface area (TPSA) is 73.2 Å². The number of ether oxygens (including phenoxy) is 1. The predicted octanol–water partition coefficient (Wildman–Crippen LogP) is 3.17. The lowest BCUT2D eigenvalue weighted by Gasteiger charge is -2.15. The highest BCUT2D eigenvalue weighted by Gasteiger charge is 2.24. The maximum Gasteiger partial charge on any atom is 0.267 e. The maximum atomic E-state index is 13.6. The highest BCUT2D eigenvalue weighted by atomic mass is 32.2. The van der Waals surface area contributed by atoms with Gasteiger partial charge in [0.1, 0.15) is 10.6 Å². The fourth-order valence-electron chi connectivity index (χ4n) is 3.51. The number of thiophene rings is 1. The third kappa shape index (κ3) is 3.31. The van der Waals surface area contributed by atoms with Crippen molar-refractivity contribution in [3.05, 3.63) is 45.1 Å². The number of thioether (sulfide) groups is 1. The Balaban J connectivity index is 1.97. The molecule has 0 fully saturated rings. The molecule has 1 aliphatic carbocycles. The fraction of sp³-hybridized carbons (Fsp3) is 0.350. The molecule has 28 heavy (non-hydrogen) atoms. The van der Waals surface area contributed by atoms with Crippen molar-refractivity contribution in [3.8, 4) is 11.4 Å². The molecule has 0 bridgehead atoms. The van der Waals surface area contributed by atoms with E-state index in [1.54, 1.807) is 30.1 Å². The zero-order valence-electron chi connectivity index (χ0n) is 15.8. The third-order valence-electron chi connectivity index (χ3n) is 4.90. The number of carbonyl (C=O) groups is 1. The number of nitrogens with one attached hydrogen (secondary N) is 1. The standard InChI is InChI=1S/C20H21N3O3S2/c1-21-16(24)11-27-20-22-18-17(12-7-3-6-10-15(12)28-18)19(25)23(20)13-8-4-5-9-14(13)26-2/h4-5,8-9H,3,6-7,10-11H2,1-2H3,(H,21,24). The van der Waals surface area contributed by atoms with Crippen molar-refractivity contribution < 1.29 is 9.53 Å². The van der Waals surface area contributed by atoms with E-state index in [1.165, 1.54) is 16.6 Å². The molecule has 3 aromatic rings. The van der Waals surface area contributed by atoms with Gasteiger partial charge >= 0.3 is 0 Å². The van der Waals surface area contributed by atoms with Crippen LogP contribution in [0.25, 0.3) is 15.9 Å². The summed E-state index contributed by atoms with van der Waals surface area (Å²) in [5.74, 6) is 0.669. The monoisotopic (exact) mass is 415 g/mol. The summed E-state index contributed by atoms with van der Waals surface area (Å²) in [5, 5.41) is 3.83. The molecule has 8 heteroatoms. The van der Waals surface area contributed by atoms with Gasteiger partial charge in [0.25, 0.3) is 5.56 Å². The Kier molecular flexibility index (Phi) is 5.41. The van der Waals surface area contributed by atoms with Crippen LogP contribution in [0.5, 0.6) is 5.75 Å². The fourth-order valence-corrected chi connectivity index (χ4v) is 5.69. The predicted molar refractivity (Wildman–Crippen MR) is 113 cm³/mol. The number of benzene rings is 1. The van der Waals surface area contributed by atoms with Gasteiger partial charge < -0.3 is 10.1 Å². The van der Waals surface area contributed by atoms with Gasteiger partial charge in [-0.3, -0.25) is 14.2 Å². The van der Waals surface area contributed by atoms with E-state index in [-0.39, 0.29) is 17.2 Å². The molecule has 0 aliphatic heterocycles. The highest BCUT2D eigenvalue weighted by molar-refractivity contribution is 7.99. The minimum atomic E-state index is -0.114. The first-order valence-corrected chi connectivity index (χ1v) is 11.0. The summed E-state index contributed by atoms with van der Waals surface area (Å²) >= 11 is 2.87. The van der Waals surface area contributed by atoms with Crippen LogP contribution >= 0.6 is 23.1 Å². The molecule has 0 spiro atoms. The first-order valence-electron chi connectivity index (χ1n) is 9.18. The van der Waals surface area contributed by atoms with Crippen molar-refractivity contribution in [2.45, 2.75) is 30.8 Å². The number of hydrogen-bond donors (Lipinski definition) is 1. The number of aromatic nitrogens is 2. The molecule has 0 saturated carbocycles. The van der Waals surface area contributed by atoms with Crippen molar-refractivity contribution in [2.75, 3.05) is 19.9 Å². The number of methoxy groups -OCH3 is 1. The molecule has 0 radical (unpaired) electrons. The van der Waals surface area contributed by atoms with E-state index < -0.39 is 0 Å². The second-order valence-electron chi connectivity index (χ2n) is 6.56. The van der Waals surface area contributed by atoms with E-state index in [2.05, 4.69) is 5.32 Å². The molecule has 1 amide bonds. The van der Waals surface area contributed by atoms with Crippen LogP contribution in [0, 0.1) is 0 Å². The minimum Gasteiger partial charge on any atom is -0.495 e. The first-order chi connectivity index (χ1) is 13.6. The molecule has 2 heterocycles. The van der Waals surface area contributed by atoms with Crippen LogP contribution in [0.2, 0.25) is 0 Å². The highest BCUT2D eigenvalue weighted by Crippen LogP contribution is 2.36. The lowest BCUT2D eigenvalue weighted by molar-refractivity contribution is -0.118. The average molecular weight is 416 g/mol. The number of carbonyl (C=O) groups excluding carboxylic acids is 1. The van der Waals surface area contributed by atoms with Gasteiger partial charge in [0.2, 0.25) is 5.91 Å². The molecular weight excluding hydrogens is 394 g/mol. The molecule has 6 nitrogen and oxygen atoms in total. The van der Waals surface area contributed by atoms with Crippen molar-refractivity contribution in [1.82, 2.24) is 14.9 Å². The van der Waals surface area contributed by atoms with Crippen molar-refractivity contribution >= 4 is 39.2 Å². The molecule has 146 valence electrons. The Bertz CT molecular complexity index is 1100.